The van der Waals surface area contributed by atoms with Crippen molar-refractivity contribution in [3.63, 3.8) is 0 Å². The zero-order chi connectivity index (χ0) is 20.5. The number of hydrogen-bond donors (Lipinski definition) is 0. The highest BCUT2D eigenvalue weighted by Gasteiger charge is 2.22. The first-order valence-corrected chi connectivity index (χ1v) is 9.76. The molecule has 7 nitrogen and oxygen atoms in total. The number of rotatable bonds is 4. The van der Waals surface area contributed by atoms with E-state index in [-0.39, 0.29) is 22.9 Å². The maximum atomic E-state index is 12.6. The van der Waals surface area contributed by atoms with Crippen LogP contribution in [0.5, 0.6) is 0 Å². The van der Waals surface area contributed by atoms with Crippen molar-refractivity contribution in [1.82, 2.24) is 19.2 Å². The Labute approximate surface area is 178 Å². The standard InChI is InChI=1S/C20H14BrClN4O3/c1-12-18(19(22)26(24-12)15-5-3-2-4-6-15)20(28)29-11-14-9-17(27)25-10-13(21)7-8-16(25)23-14/h2-10H,11H2,1H3. The fourth-order valence-electron chi connectivity index (χ4n) is 2.88. The number of ether oxygens (including phenoxy) is 1. The van der Waals surface area contributed by atoms with Gasteiger partial charge in [-0.3, -0.25) is 9.20 Å². The number of aromatic nitrogens is 4. The van der Waals surface area contributed by atoms with E-state index in [0.29, 0.717) is 17.0 Å². The molecule has 0 unspecified atom stereocenters. The van der Waals surface area contributed by atoms with Crippen LogP contribution in [0.2, 0.25) is 5.15 Å². The molecule has 146 valence electrons. The summed E-state index contributed by atoms with van der Waals surface area (Å²) in [7, 11) is 0. The Balaban J connectivity index is 1.58. The Kier molecular flexibility index (Phi) is 5.21. The van der Waals surface area contributed by atoms with Crippen LogP contribution in [0.15, 0.2) is 64.0 Å². The maximum absolute atomic E-state index is 12.6. The molecule has 9 heteroatoms. The van der Waals surface area contributed by atoms with Crippen LogP contribution in [0, 0.1) is 6.92 Å². The molecule has 1 aromatic carbocycles. The summed E-state index contributed by atoms with van der Waals surface area (Å²) in [6.07, 6.45) is 1.63. The molecule has 0 N–H and O–H groups in total. The predicted octanol–water partition coefficient (Wildman–Crippen LogP) is 3.96. The van der Waals surface area contributed by atoms with Gasteiger partial charge in [0, 0.05) is 16.7 Å². The summed E-state index contributed by atoms with van der Waals surface area (Å²) < 4.78 is 9.00. The lowest BCUT2D eigenvalue weighted by Gasteiger charge is -2.07. The number of para-hydroxylation sites is 1. The van der Waals surface area contributed by atoms with Crippen LogP contribution in [-0.4, -0.2) is 25.1 Å². The minimum absolute atomic E-state index is 0.160. The van der Waals surface area contributed by atoms with Gasteiger partial charge in [0.15, 0.2) is 0 Å². The van der Waals surface area contributed by atoms with Gasteiger partial charge < -0.3 is 4.74 Å². The van der Waals surface area contributed by atoms with Crippen molar-refractivity contribution in [1.29, 1.82) is 0 Å². The lowest BCUT2D eigenvalue weighted by molar-refractivity contribution is 0.0467. The highest BCUT2D eigenvalue weighted by molar-refractivity contribution is 9.10. The van der Waals surface area contributed by atoms with E-state index in [0.717, 1.165) is 10.2 Å². The van der Waals surface area contributed by atoms with E-state index in [4.69, 9.17) is 16.3 Å². The van der Waals surface area contributed by atoms with Crippen molar-refractivity contribution in [3.8, 4) is 5.69 Å². The summed E-state index contributed by atoms with van der Waals surface area (Å²) >= 11 is 9.70. The monoisotopic (exact) mass is 472 g/mol. The maximum Gasteiger partial charge on any atom is 0.343 e. The Hall–Kier alpha value is -2.97. The normalized spacial score (nSPS) is 11.0. The van der Waals surface area contributed by atoms with Gasteiger partial charge in [0.05, 0.1) is 17.1 Å². The molecule has 0 fully saturated rings. The molecule has 0 saturated heterocycles. The third-order valence-corrected chi connectivity index (χ3v) is 5.05. The van der Waals surface area contributed by atoms with E-state index >= 15 is 0 Å². The van der Waals surface area contributed by atoms with Crippen LogP contribution in [-0.2, 0) is 11.3 Å². The number of pyridine rings is 1. The topological polar surface area (TPSA) is 78.5 Å². The largest absolute Gasteiger partial charge is 0.455 e. The molecule has 29 heavy (non-hydrogen) atoms. The van der Waals surface area contributed by atoms with Crippen LogP contribution in [0.3, 0.4) is 0 Å². The van der Waals surface area contributed by atoms with Gasteiger partial charge in [0.25, 0.3) is 5.56 Å². The molecule has 0 aliphatic heterocycles. The van der Waals surface area contributed by atoms with E-state index in [9.17, 15) is 9.59 Å². The van der Waals surface area contributed by atoms with Crippen LogP contribution in [0.25, 0.3) is 11.3 Å². The van der Waals surface area contributed by atoms with Gasteiger partial charge in [0.1, 0.15) is 23.0 Å². The van der Waals surface area contributed by atoms with Gasteiger partial charge in [-0.2, -0.15) is 5.10 Å². The highest BCUT2D eigenvalue weighted by atomic mass is 79.9. The molecule has 0 radical (unpaired) electrons. The lowest BCUT2D eigenvalue weighted by atomic mass is 10.2. The quantitative estimate of drug-likeness (QED) is 0.419. The number of fused-ring (bicyclic) bond motifs is 1. The van der Waals surface area contributed by atoms with Gasteiger partial charge >= 0.3 is 5.97 Å². The van der Waals surface area contributed by atoms with Crippen molar-refractivity contribution >= 4 is 39.1 Å². The predicted molar refractivity (Wildman–Crippen MR) is 112 cm³/mol. The van der Waals surface area contributed by atoms with Crippen molar-refractivity contribution in [2.45, 2.75) is 13.5 Å². The summed E-state index contributed by atoms with van der Waals surface area (Å²) in [5, 5.41) is 4.49. The molecule has 0 aliphatic carbocycles. The second kappa shape index (κ2) is 7.81. The minimum atomic E-state index is -0.632. The summed E-state index contributed by atoms with van der Waals surface area (Å²) in [6.45, 7) is 1.52. The lowest BCUT2D eigenvalue weighted by Crippen LogP contribution is -2.16. The fourth-order valence-corrected chi connectivity index (χ4v) is 3.57. The number of nitrogens with zero attached hydrogens (tertiary/aromatic N) is 4. The third-order valence-electron chi connectivity index (χ3n) is 4.24. The fraction of sp³-hybridized carbons (Fsp3) is 0.100. The number of esters is 1. The van der Waals surface area contributed by atoms with E-state index in [1.54, 1.807) is 25.3 Å². The second-order valence-corrected chi connectivity index (χ2v) is 7.51. The first-order chi connectivity index (χ1) is 13.9. The minimum Gasteiger partial charge on any atom is -0.455 e. The first kappa shape index (κ1) is 19.4. The average molecular weight is 474 g/mol. The van der Waals surface area contributed by atoms with Crippen LogP contribution < -0.4 is 5.56 Å². The van der Waals surface area contributed by atoms with Crippen molar-refractivity contribution in [2.24, 2.45) is 0 Å². The molecule has 0 saturated carbocycles. The van der Waals surface area contributed by atoms with Crippen molar-refractivity contribution in [3.05, 3.63) is 91.7 Å². The molecular weight excluding hydrogens is 460 g/mol. The molecule has 3 aromatic heterocycles. The van der Waals surface area contributed by atoms with E-state index in [2.05, 4.69) is 26.0 Å². The van der Waals surface area contributed by atoms with E-state index < -0.39 is 5.97 Å². The first-order valence-electron chi connectivity index (χ1n) is 8.59. The third kappa shape index (κ3) is 3.81. The smallest absolute Gasteiger partial charge is 0.343 e. The zero-order valence-electron chi connectivity index (χ0n) is 15.2. The molecule has 3 heterocycles. The van der Waals surface area contributed by atoms with E-state index in [1.165, 1.54) is 15.1 Å². The summed E-state index contributed by atoms with van der Waals surface area (Å²) in [5.41, 5.74) is 1.88. The van der Waals surface area contributed by atoms with E-state index in [1.807, 2.05) is 30.3 Å². The van der Waals surface area contributed by atoms with Gasteiger partial charge in [-0.05, 0) is 47.1 Å². The number of hydrogen-bond acceptors (Lipinski definition) is 5. The number of halogens is 2. The van der Waals surface area contributed by atoms with Crippen LogP contribution in [0.1, 0.15) is 21.7 Å². The second-order valence-electron chi connectivity index (χ2n) is 6.24. The molecule has 0 atom stereocenters. The molecule has 4 rings (SSSR count). The molecular formula is C20H14BrClN4O3. The molecule has 4 aromatic rings. The van der Waals surface area contributed by atoms with Crippen LogP contribution >= 0.6 is 27.5 Å². The molecule has 0 amide bonds. The molecule has 0 spiro atoms. The summed E-state index contributed by atoms with van der Waals surface area (Å²) in [4.78, 5) is 29.2. The number of benzene rings is 1. The molecule has 0 bridgehead atoms. The summed E-state index contributed by atoms with van der Waals surface area (Å²) in [6, 6.07) is 14.0. The Bertz CT molecular complexity index is 1280. The van der Waals surface area contributed by atoms with Crippen LogP contribution in [0.4, 0.5) is 0 Å². The Morgan fingerprint density at radius 3 is 2.72 bits per heavy atom. The number of carbonyl (C=O) groups excluding carboxylic acids is 1. The summed E-state index contributed by atoms with van der Waals surface area (Å²) in [5.74, 6) is -0.632. The number of carbonyl (C=O) groups is 1. The van der Waals surface area contributed by atoms with Gasteiger partial charge in [0.2, 0.25) is 0 Å². The molecule has 0 aliphatic rings. The number of aryl methyl sites for hydroxylation is 1. The Morgan fingerprint density at radius 2 is 1.97 bits per heavy atom. The van der Waals surface area contributed by atoms with Gasteiger partial charge in [-0.25, -0.2) is 14.5 Å². The van der Waals surface area contributed by atoms with Crippen molar-refractivity contribution < 1.29 is 9.53 Å². The SMILES string of the molecule is Cc1nn(-c2ccccc2)c(Cl)c1C(=O)OCc1cc(=O)n2cc(Br)ccc2n1. The van der Waals surface area contributed by atoms with Gasteiger partial charge in [-0.15, -0.1) is 0 Å². The Morgan fingerprint density at radius 1 is 1.21 bits per heavy atom. The average Bonchev–Trinajstić information content (AvgIpc) is 3.01. The van der Waals surface area contributed by atoms with Gasteiger partial charge in [-0.1, -0.05) is 29.8 Å². The van der Waals surface area contributed by atoms with Crippen molar-refractivity contribution in [2.75, 3.05) is 0 Å². The highest BCUT2D eigenvalue weighted by Crippen LogP contribution is 2.24. The zero-order valence-corrected chi connectivity index (χ0v) is 17.5.